The quantitative estimate of drug-likeness (QED) is 0.807. The van der Waals surface area contributed by atoms with Crippen LogP contribution in [0.25, 0.3) is 5.65 Å². The zero-order valence-electron chi connectivity index (χ0n) is 10.8. The first-order valence-corrected chi connectivity index (χ1v) is 7.02. The van der Waals surface area contributed by atoms with E-state index < -0.39 is 5.60 Å². The fraction of sp³-hybridized carbons (Fsp3) is 0.571. The Kier molecular flexibility index (Phi) is 2.40. The topological polar surface area (TPSA) is 62.5 Å². The van der Waals surface area contributed by atoms with Crippen molar-refractivity contribution in [3.05, 3.63) is 30.2 Å². The number of imidazole rings is 1. The summed E-state index contributed by atoms with van der Waals surface area (Å²) in [4.78, 5) is 4.35. The van der Waals surface area contributed by atoms with Crippen molar-refractivity contribution < 1.29 is 5.11 Å². The van der Waals surface area contributed by atoms with Crippen LogP contribution in [0.1, 0.15) is 37.8 Å². The van der Waals surface area contributed by atoms with Gasteiger partial charge in [0.25, 0.3) is 0 Å². The van der Waals surface area contributed by atoms with Crippen LogP contribution in [0.15, 0.2) is 24.5 Å². The lowest BCUT2D eigenvalue weighted by Gasteiger charge is -2.44. The van der Waals surface area contributed by atoms with Crippen molar-refractivity contribution in [1.29, 1.82) is 0 Å². The molecule has 5 heteroatoms. The number of nitrogens with zero attached hydrogens (tertiary/aromatic N) is 3. The number of hydrogen-bond donors (Lipinski definition) is 2. The van der Waals surface area contributed by atoms with Gasteiger partial charge in [-0.25, -0.2) is 9.50 Å². The van der Waals surface area contributed by atoms with Gasteiger partial charge >= 0.3 is 0 Å². The molecule has 2 aromatic heterocycles. The molecule has 2 saturated heterocycles. The van der Waals surface area contributed by atoms with Gasteiger partial charge in [0.2, 0.25) is 0 Å². The van der Waals surface area contributed by atoms with E-state index in [1.807, 2.05) is 12.1 Å². The Hall–Kier alpha value is -1.46. The second-order valence-electron chi connectivity index (χ2n) is 5.87. The second-order valence-corrected chi connectivity index (χ2v) is 5.87. The predicted molar refractivity (Wildman–Crippen MR) is 70.7 cm³/mol. The Morgan fingerprint density at radius 1 is 1.32 bits per heavy atom. The van der Waals surface area contributed by atoms with Crippen LogP contribution in [0.4, 0.5) is 0 Å². The molecule has 4 rings (SSSR count). The lowest BCUT2D eigenvalue weighted by molar-refractivity contribution is -0.0405. The molecule has 0 aromatic carbocycles. The lowest BCUT2D eigenvalue weighted by atomic mass is 9.76. The summed E-state index contributed by atoms with van der Waals surface area (Å²) < 4.78 is 1.78. The van der Waals surface area contributed by atoms with Gasteiger partial charge in [0.15, 0.2) is 5.65 Å². The minimum absolute atomic E-state index is 0.423. The number of aromatic nitrogens is 3. The maximum absolute atomic E-state index is 11.1. The van der Waals surface area contributed by atoms with Gasteiger partial charge in [-0.05, 0) is 37.8 Å². The van der Waals surface area contributed by atoms with Gasteiger partial charge in [-0.2, -0.15) is 5.10 Å². The highest BCUT2D eigenvalue weighted by molar-refractivity contribution is 5.39. The summed E-state index contributed by atoms with van der Waals surface area (Å²) in [6, 6.07) is 4.63. The molecule has 0 saturated carbocycles. The summed E-state index contributed by atoms with van der Waals surface area (Å²) in [6.45, 7) is 0. The van der Waals surface area contributed by atoms with Crippen molar-refractivity contribution in [2.45, 2.75) is 49.8 Å². The maximum Gasteiger partial charge on any atom is 0.153 e. The molecule has 2 aliphatic rings. The zero-order chi connectivity index (χ0) is 12.9. The molecule has 0 spiro atoms. The van der Waals surface area contributed by atoms with Crippen molar-refractivity contribution in [3.8, 4) is 0 Å². The number of fused-ring (bicyclic) bond motifs is 3. The van der Waals surface area contributed by atoms with Crippen LogP contribution >= 0.6 is 0 Å². The normalized spacial score (nSPS) is 34.6. The van der Waals surface area contributed by atoms with Crippen LogP contribution in [0.2, 0.25) is 0 Å². The van der Waals surface area contributed by atoms with Gasteiger partial charge in [-0.3, -0.25) is 0 Å². The molecule has 0 amide bonds. The maximum atomic E-state index is 11.1. The molecule has 100 valence electrons. The fourth-order valence-corrected chi connectivity index (χ4v) is 3.69. The van der Waals surface area contributed by atoms with Crippen LogP contribution in [-0.4, -0.2) is 31.8 Å². The molecule has 0 aliphatic carbocycles. The summed E-state index contributed by atoms with van der Waals surface area (Å²) in [5.41, 5.74) is 0.838. The summed E-state index contributed by atoms with van der Waals surface area (Å²) in [5, 5.41) is 19.0. The smallest absolute Gasteiger partial charge is 0.153 e. The molecular weight excluding hydrogens is 240 g/mol. The summed E-state index contributed by atoms with van der Waals surface area (Å²) in [7, 11) is 0. The van der Waals surface area contributed by atoms with Crippen molar-refractivity contribution in [2.24, 2.45) is 0 Å². The van der Waals surface area contributed by atoms with Crippen LogP contribution < -0.4 is 5.32 Å². The first-order chi connectivity index (χ1) is 9.24. The summed E-state index contributed by atoms with van der Waals surface area (Å²) in [5.74, 6) is 0. The third-order valence-electron chi connectivity index (χ3n) is 4.50. The minimum atomic E-state index is -0.797. The van der Waals surface area contributed by atoms with E-state index in [4.69, 9.17) is 0 Å². The number of nitrogens with one attached hydrogen (secondary N) is 1. The lowest BCUT2D eigenvalue weighted by Crippen LogP contribution is -2.54. The second kappa shape index (κ2) is 4.02. The first kappa shape index (κ1) is 11.4. The van der Waals surface area contributed by atoms with E-state index in [9.17, 15) is 5.11 Å². The molecular formula is C14H18N4O. The van der Waals surface area contributed by atoms with Gasteiger partial charge in [0.05, 0.1) is 11.9 Å². The Labute approximate surface area is 111 Å². The van der Waals surface area contributed by atoms with Gasteiger partial charge < -0.3 is 10.4 Å². The van der Waals surface area contributed by atoms with Crippen molar-refractivity contribution >= 4 is 5.65 Å². The number of aliphatic hydroxyl groups is 1. The number of hydrogen-bond acceptors (Lipinski definition) is 4. The van der Waals surface area contributed by atoms with Crippen LogP contribution in [0.5, 0.6) is 0 Å². The molecule has 2 aromatic rings. The van der Waals surface area contributed by atoms with E-state index in [0.29, 0.717) is 12.1 Å². The van der Waals surface area contributed by atoms with Crippen LogP contribution in [0, 0.1) is 0 Å². The van der Waals surface area contributed by atoms with Crippen molar-refractivity contribution in [1.82, 2.24) is 19.9 Å². The average Bonchev–Trinajstić information content (AvgIpc) is 2.82. The van der Waals surface area contributed by atoms with Gasteiger partial charge in [-0.1, -0.05) is 6.42 Å². The Morgan fingerprint density at radius 3 is 2.89 bits per heavy atom. The molecule has 4 heterocycles. The standard InChI is InChI=1S/C14H18N4O/c19-14(7-10-3-1-4-11(8-14)17-10)12-9-15-13-5-2-6-16-18(12)13/h2,5-6,9-11,17,19H,1,3-4,7-8H2. The molecule has 2 atom stereocenters. The van der Waals surface area contributed by atoms with E-state index in [1.54, 1.807) is 16.9 Å². The van der Waals surface area contributed by atoms with Crippen LogP contribution in [-0.2, 0) is 5.60 Å². The highest BCUT2D eigenvalue weighted by Crippen LogP contribution is 2.39. The Balaban J connectivity index is 1.78. The van der Waals surface area contributed by atoms with Gasteiger partial charge in [0, 0.05) is 18.3 Å². The van der Waals surface area contributed by atoms with Gasteiger partial charge in [0.1, 0.15) is 5.60 Å². The Bertz CT molecular complexity index is 596. The molecule has 2 N–H and O–H groups in total. The van der Waals surface area contributed by atoms with E-state index >= 15 is 0 Å². The van der Waals surface area contributed by atoms with E-state index in [2.05, 4.69) is 15.4 Å². The van der Waals surface area contributed by atoms with Gasteiger partial charge in [-0.15, -0.1) is 0 Å². The van der Waals surface area contributed by atoms with E-state index in [0.717, 1.165) is 37.0 Å². The minimum Gasteiger partial charge on any atom is -0.383 e. The molecule has 5 nitrogen and oxygen atoms in total. The van der Waals surface area contributed by atoms with Crippen molar-refractivity contribution in [3.63, 3.8) is 0 Å². The molecule has 2 fully saturated rings. The number of piperidine rings is 2. The molecule has 2 bridgehead atoms. The Morgan fingerprint density at radius 2 is 2.11 bits per heavy atom. The van der Waals surface area contributed by atoms with E-state index in [1.165, 1.54) is 6.42 Å². The SMILES string of the molecule is OC1(c2cnc3cccnn23)CC2CCCC(C1)N2. The fourth-order valence-electron chi connectivity index (χ4n) is 3.69. The first-order valence-electron chi connectivity index (χ1n) is 7.02. The predicted octanol–water partition coefficient (Wildman–Crippen LogP) is 1.22. The zero-order valence-corrected chi connectivity index (χ0v) is 10.8. The summed E-state index contributed by atoms with van der Waals surface area (Å²) >= 11 is 0. The monoisotopic (exact) mass is 258 g/mol. The molecule has 2 aliphatic heterocycles. The van der Waals surface area contributed by atoms with E-state index in [-0.39, 0.29) is 0 Å². The third-order valence-corrected chi connectivity index (χ3v) is 4.50. The average molecular weight is 258 g/mol. The summed E-state index contributed by atoms with van der Waals surface area (Å²) in [6.07, 6.45) is 8.62. The van der Waals surface area contributed by atoms with Crippen LogP contribution in [0.3, 0.4) is 0 Å². The van der Waals surface area contributed by atoms with Crippen molar-refractivity contribution in [2.75, 3.05) is 0 Å². The largest absolute Gasteiger partial charge is 0.383 e. The molecule has 2 unspecified atom stereocenters. The molecule has 19 heavy (non-hydrogen) atoms. The third kappa shape index (κ3) is 1.76. The highest BCUT2D eigenvalue weighted by atomic mass is 16.3. The highest BCUT2D eigenvalue weighted by Gasteiger charge is 2.43. The number of rotatable bonds is 1. The molecule has 0 radical (unpaired) electrons.